The first kappa shape index (κ1) is 19.5. The molecule has 0 saturated carbocycles. The van der Waals surface area contributed by atoms with E-state index in [2.05, 4.69) is 16.3 Å². The van der Waals surface area contributed by atoms with Gasteiger partial charge >= 0.3 is 0 Å². The molecule has 2 aromatic carbocycles. The average molecular weight is 430 g/mol. The molecule has 1 saturated heterocycles. The van der Waals surface area contributed by atoms with Gasteiger partial charge in [0.05, 0.1) is 18.2 Å². The summed E-state index contributed by atoms with van der Waals surface area (Å²) in [7, 11) is 0. The topological polar surface area (TPSA) is 85.1 Å². The molecule has 154 valence electrons. The van der Waals surface area contributed by atoms with Crippen molar-refractivity contribution in [3.05, 3.63) is 82.5 Å². The van der Waals surface area contributed by atoms with Crippen molar-refractivity contribution in [2.75, 3.05) is 6.54 Å². The molecule has 6 nitrogen and oxygen atoms in total. The van der Waals surface area contributed by atoms with Gasteiger partial charge in [0.1, 0.15) is 0 Å². The SMILES string of the molecule is N#CC1C(C2CC(=O)N(Cc3ccccc3)C2)=Nc2[nH]ncc2C1c1ccccc1Cl. The van der Waals surface area contributed by atoms with Crippen LogP contribution in [0.5, 0.6) is 0 Å². The number of likely N-dealkylation sites (tertiary alicyclic amines) is 1. The van der Waals surface area contributed by atoms with E-state index in [-0.39, 0.29) is 17.7 Å². The summed E-state index contributed by atoms with van der Waals surface area (Å²) >= 11 is 6.52. The molecule has 3 aromatic rings. The Morgan fingerprint density at radius 3 is 2.68 bits per heavy atom. The van der Waals surface area contributed by atoms with Gasteiger partial charge in [0.15, 0.2) is 5.82 Å². The molecule has 0 aliphatic carbocycles. The van der Waals surface area contributed by atoms with Crippen molar-refractivity contribution in [1.82, 2.24) is 15.1 Å². The van der Waals surface area contributed by atoms with Gasteiger partial charge in [-0.2, -0.15) is 10.4 Å². The highest BCUT2D eigenvalue weighted by Crippen LogP contribution is 2.45. The molecule has 3 heterocycles. The number of hydrogen-bond donors (Lipinski definition) is 1. The minimum Gasteiger partial charge on any atom is -0.338 e. The van der Waals surface area contributed by atoms with Crippen LogP contribution in [0, 0.1) is 23.2 Å². The monoisotopic (exact) mass is 429 g/mol. The number of aliphatic imine (C=N–C) groups is 1. The largest absolute Gasteiger partial charge is 0.338 e. The zero-order chi connectivity index (χ0) is 21.4. The molecule has 31 heavy (non-hydrogen) atoms. The lowest BCUT2D eigenvalue weighted by Crippen LogP contribution is -2.32. The van der Waals surface area contributed by atoms with Crippen molar-refractivity contribution in [1.29, 1.82) is 5.26 Å². The van der Waals surface area contributed by atoms with Gasteiger partial charge in [0, 0.05) is 47.6 Å². The van der Waals surface area contributed by atoms with Crippen LogP contribution in [-0.2, 0) is 11.3 Å². The third-order valence-electron chi connectivity index (χ3n) is 6.10. The summed E-state index contributed by atoms with van der Waals surface area (Å²) in [5.41, 5.74) is 3.54. The molecule has 0 spiro atoms. The number of fused-ring (bicyclic) bond motifs is 1. The number of halogens is 1. The molecule has 0 bridgehead atoms. The summed E-state index contributed by atoms with van der Waals surface area (Å²) in [5.74, 6) is -0.196. The van der Waals surface area contributed by atoms with Gasteiger partial charge in [0.25, 0.3) is 0 Å². The molecule has 1 amide bonds. The number of aromatic amines is 1. The van der Waals surface area contributed by atoms with E-state index in [0.29, 0.717) is 30.4 Å². The van der Waals surface area contributed by atoms with E-state index < -0.39 is 5.92 Å². The Morgan fingerprint density at radius 1 is 1.13 bits per heavy atom. The van der Waals surface area contributed by atoms with Crippen LogP contribution in [0.2, 0.25) is 5.02 Å². The third kappa shape index (κ3) is 3.51. The number of aromatic nitrogens is 2. The van der Waals surface area contributed by atoms with E-state index in [1.54, 1.807) is 6.20 Å². The fourth-order valence-corrected chi connectivity index (χ4v) is 4.90. The van der Waals surface area contributed by atoms with Gasteiger partial charge in [-0.15, -0.1) is 0 Å². The maximum absolute atomic E-state index is 12.8. The fraction of sp³-hybridized carbons (Fsp3) is 0.250. The third-order valence-corrected chi connectivity index (χ3v) is 6.45. The molecule has 1 fully saturated rings. The molecule has 3 atom stereocenters. The van der Waals surface area contributed by atoms with Crippen LogP contribution in [0.15, 0.2) is 65.8 Å². The molecule has 2 aliphatic rings. The van der Waals surface area contributed by atoms with E-state index in [4.69, 9.17) is 16.6 Å². The molecule has 7 heteroatoms. The number of benzene rings is 2. The molecule has 3 unspecified atom stereocenters. The van der Waals surface area contributed by atoms with Crippen molar-refractivity contribution < 1.29 is 4.79 Å². The smallest absolute Gasteiger partial charge is 0.223 e. The van der Waals surface area contributed by atoms with Crippen LogP contribution in [0.4, 0.5) is 5.82 Å². The lowest BCUT2D eigenvalue weighted by Gasteiger charge is -2.30. The van der Waals surface area contributed by atoms with Crippen molar-refractivity contribution in [2.24, 2.45) is 16.8 Å². The average Bonchev–Trinajstić information content (AvgIpc) is 3.40. The van der Waals surface area contributed by atoms with Gasteiger partial charge < -0.3 is 4.90 Å². The number of rotatable bonds is 4. The second-order valence-corrected chi connectivity index (χ2v) is 8.38. The van der Waals surface area contributed by atoms with E-state index >= 15 is 0 Å². The Kier molecular flexibility index (Phi) is 5.05. The highest BCUT2D eigenvalue weighted by Gasteiger charge is 2.43. The van der Waals surface area contributed by atoms with Crippen LogP contribution in [0.3, 0.4) is 0 Å². The summed E-state index contributed by atoms with van der Waals surface area (Å²) in [6.07, 6.45) is 2.07. The van der Waals surface area contributed by atoms with Crippen LogP contribution in [0.25, 0.3) is 0 Å². The molecule has 1 aromatic heterocycles. The second-order valence-electron chi connectivity index (χ2n) is 7.98. The van der Waals surface area contributed by atoms with Crippen molar-refractivity contribution in [3.63, 3.8) is 0 Å². The second kappa shape index (κ2) is 8.01. The lowest BCUT2D eigenvalue weighted by atomic mass is 9.74. The summed E-state index contributed by atoms with van der Waals surface area (Å²) in [5, 5.41) is 17.9. The number of carbonyl (C=O) groups excluding carboxylic acids is 1. The van der Waals surface area contributed by atoms with Gasteiger partial charge in [0.2, 0.25) is 5.91 Å². The molecular weight excluding hydrogens is 410 g/mol. The predicted octanol–water partition coefficient (Wildman–Crippen LogP) is 4.47. The summed E-state index contributed by atoms with van der Waals surface area (Å²) in [4.78, 5) is 19.4. The van der Waals surface area contributed by atoms with Gasteiger partial charge in [-0.05, 0) is 17.2 Å². The molecule has 0 radical (unpaired) electrons. The number of nitrogens with one attached hydrogen (secondary N) is 1. The highest BCUT2D eigenvalue weighted by molar-refractivity contribution is 6.31. The Labute approximate surface area is 185 Å². The van der Waals surface area contributed by atoms with Crippen LogP contribution < -0.4 is 0 Å². The Morgan fingerprint density at radius 2 is 1.90 bits per heavy atom. The predicted molar refractivity (Wildman–Crippen MR) is 118 cm³/mol. The number of H-pyrrole nitrogens is 1. The van der Waals surface area contributed by atoms with Crippen molar-refractivity contribution in [2.45, 2.75) is 18.9 Å². The standard InChI is InChI=1S/C24H20ClN5O/c25-20-9-5-4-8-17(20)22-18(11-26)23(28-24-19(22)12-27-29-24)16-10-21(31)30(14-16)13-15-6-2-1-3-7-15/h1-9,12,16,18,22H,10,13-14H2,(H,27,29). The summed E-state index contributed by atoms with van der Waals surface area (Å²) < 4.78 is 0. The van der Waals surface area contributed by atoms with Gasteiger partial charge in [-0.25, -0.2) is 4.99 Å². The normalized spacial score (nSPS) is 22.7. The lowest BCUT2D eigenvalue weighted by molar-refractivity contribution is -0.128. The van der Waals surface area contributed by atoms with E-state index in [1.807, 2.05) is 59.5 Å². The maximum Gasteiger partial charge on any atom is 0.223 e. The first-order valence-corrected chi connectivity index (χ1v) is 10.6. The zero-order valence-corrected chi connectivity index (χ0v) is 17.5. The maximum atomic E-state index is 12.8. The fourth-order valence-electron chi connectivity index (χ4n) is 4.64. The van der Waals surface area contributed by atoms with E-state index in [9.17, 15) is 10.1 Å². The summed E-state index contributed by atoms with van der Waals surface area (Å²) in [6, 6.07) is 20.0. The minimum absolute atomic E-state index is 0.0814. The van der Waals surface area contributed by atoms with Crippen molar-refractivity contribution >= 4 is 29.0 Å². The number of nitriles is 1. The van der Waals surface area contributed by atoms with Crippen LogP contribution >= 0.6 is 11.6 Å². The molecule has 1 N–H and O–H groups in total. The minimum atomic E-state index is -0.514. The van der Waals surface area contributed by atoms with Crippen molar-refractivity contribution in [3.8, 4) is 6.07 Å². The quantitative estimate of drug-likeness (QED) is 0.663. The molecule has 2 aliphatic heterocycles. The number of amides is 1. The molecule has 5 rings (SSSR count). The van der Waals surface area contributed by atoms with E-state index in [1.165, 1.54) is 0 Å². The number of nitrogens with zero attached hydrogens (tertiary/aromatic N) is 4. The molecular formula is C24H20ClN5O. The summed E-state index contributed by atoms with van der Waals surface area (Å²) in [6.45, 7) is 1.10. The first-order chi connectivity index (χ1) is 15.2. The van der Waals surface area contributed by atoms with E-state index in [0.717, 1.165) is 22.4 Å². The Bertz CT molecular complexity index is 1200. The van der Waals surface area contributed by atoms with Crippen LogP contribution in [-0.4, -0.2) is 33.3 Å². The van der Waals surface area contributed by atoms with Gasteiger partial charge in [-0.3, -0.25) is 9.89 Å². The number of hydrogen-bond acceptors (Lipinski definition) is 4. The first-order valence-electron chi connectivity index (χ1n) is 10.2. The number of carbonyl (C=O) groups is 1. The Hall–Kier alpha value is -3.43. The van der Waals surface area contributed by atoms with Gasteiger partial charge in [-0.1, -0.05) is 60.1 Å². The highest BCUT2D eigenvalue weighted by atomic mass is 35.5. The van der Waals surface area contributed by atoms with Crippen LogP contribution in [0.1, 0.15) is 29.0 Å². The Balaban J connectivity index is 1.49. The zero-order valence-electron chi connectivity index (χ0n) is 16.7.